The van der Waals surface area contributed by atoms with E-state index in [0.29, 0.717) is 9.77 Å². The van der Waals surface area contributed by atoms with Crippen LogP contribution in [0.25, 0.3) is 16.6 Å². The van der Waals surface area contributed by atoms with Crippen molar-refractivity contribution >= 4 is 37.9 Å². The van der Waals surface area contributed by atoms with Gasteiger partial charge in [-0.2, -0.15) is 14.0 Å². The molecular formula is C27H24ClNO4S. The molecule has 174 valence electrons. The van der Waals surface area contributed by atoms with Crippen LogP contribution in [0.3, 0.4) is 0 Å². The average Bonchev–Trinajstić information content (AvgIpc) is 2.83. The molecule has 5 nitrogen and oxygen atoms in total. The molecule has 0 radical (unpaired) electrons. The van der Waals surface area contributed by atoms with Gasteiger partial charge in [0, 0.05) is 24.6 Å². The van der Waals surface area contributed by atoms with Crippen LogP contribution in [-0.4, -0.2) is 19.0 Å². The summed E-state index contributed by atoms with van der Waals surface area (Å²) in [6, 6.07) is 27.1. The van der Waals surface area contributed by atoms with Crippen LogP contribution in [0.2, 0.25) is 0 Å². The third-order valence-corrected chi connectivity index (χ3v) is 7.71. The van der Waals surface area contributed by atoms with Crippen molar-refractivity contribution in [2.24, 2.45) is 0 Å². The summed E-state index contributed by atoms with van der Waals surface area (Å²) < 4.78 is 40.1. The second kappa shape index (κ2) is 10.5. The summed E-state index contributed by atoms with van der Waals surface area (Å²) in [6.07, 6.45) is 7.46. The summed E-state index contributed by atoms with van der Waals surface area (Å²) in [5, 5.41) is 0. The lowest BCUT2D eigenvalue weighted by atomic mass is 10.0. The second-order valence-electron chi connectivity index (χ2n) is 7.77. The molecule has 1 aliphatic heterocycles. The van der Waals surface area contributed by atoms with E-state index in [1.54, 1.807) is 0 Å². The van der Waals surface area contributed by atoms with Gasteiger partial charge < -0.3 is 4.90 Å². The Labute approximate surface area is 204 Å². The molecule has 7 heteroatoms. The summed E-state index contributed by atoms with van der Waals surface area (Å²) >= 11 is 0. The first-order valence-electron chi connectivity index (χ1n) is 10.5. The van der Waals surface area contributed by atoms with Gasteiger partial charge in [0.2, 0.25) is 0 Å². The Kier molecular flexibility index (Phi) is 7.48. The predicted octanol–water partition coefficient (Wildman–Crippen LogP) is 3.17. The van der Waals surface area contributed by atoms with Crippen LogP contribution in [0.4, 0.5) is 5.69 Å². The standard InChI is InChI=1S/C27H24ClNO4S/c1-29(2)25-16-13-21(14-17-25)15-18-26-19-24(22-9-5-3-6-10-22)20-27(23-11-7-4-8-12-23)34(26)33-28(30,31)32/h3-20H,1-2H3/b18-15+. The number of halogens is 1. The fraction of sp³-hybridized carbons (Fsp3) is 0.0741. The molecule has 0 saturated carbocycles. The van der Waals surface area contributed by atoms with E-state index in [2.05, 4.69) is 0 Å². The van der Waals surface area contributed by atoms with Gasteiger partial charge in [0.05, 0.1) is 15.1 Å². The van der Waals surface area contributed by atoms with Gasteiger partial charge in [0.15, 0.2) is 0 Å². The molecule has 0 aliphatic carbocycles. The monoisotopic (exact) mass is 493 g/mol. The molecular weight excluding hydrogens is 470 g/mol. The van der Waals surface area contributed by atoms with Crippen molar-refractivity contribution in [1.82, 2.24) is 0 Å². The molecule has 1 atom stereocenters. The Morgan fingerprint density at radius 2 is 1.32 bits per heavy atom. The normalized spacial score (nSPS) is 16.4. The van der Waals surface area contributed by atoms with E-state index in [1.165, 1.54) is 0 Å². The first kappa shape index (κ1) is 24.2. The number of anilines is 1. The van der Waals surface area contributed by atoms with Crippen LogP contribution in [0.5, 0.6) is 0 Å². The summed E-state index contributed by atoms with van der Waals surface area (Å²) in [5.74, 6) is 0. The van der Waals surface area contributed by atoms with Gasteiger partial charge in [-0.05, 0) is 52.6 Å². The lowest BCUT2D eigenvalue weighted by Gasteiger charge is -2.20. The van der Waals surface area contributed by atoms with Crippen molar-refractivity contribution in [2.45, 2.75) is 0 Å². The summed E-state index contributed by atoms with van der Waals surface area (Å²) in [6.45, 7) is 0. The first-order valence-corrected chi connectivity index (χ1v) is 12.9. The van der Waals surface area contributed by atoms with Crippen molar-refractivity contribution in [3.8, 4) is 0 Å². The minimum atomic E-state index is -4.64. The van der Waals surface area contributed by atoms with Crippen molar-refractivity contribution in [3.05, 3.63) is 120 Å². The molecule has 0 amide bonds. The van der Waals surface area contributed by atoms with Crippen molar-refractivity contribution in [1.29, 1.82) is 0 Å². The van der Waals surface area contributed by atoms with E-state index in [0.717, 1.165) is 28.0 Å². The zero-order chi connectivity index (χ0) is 24.1. The lowest BCUT2D eigenvalue weighted by molar-refractivity contribution is -1.91. The van der Waals surface area contributed by atoms with E-state index in [-0.39, 0.29) is 0 Å². The Balaban J connectivity index is 1.84. The third-order valence-electron chi connectivity index (χ3n) is 5.15. The van der Waals surface area contributed by atoms with Crippen molar-refractivity contribution in [2.75, 3.05) is 19.0 Å². The summed E-state index contributed by atoms with van der Waals surface area (Å²) in [4.78, 5) is 3.22. The maximum atomic E-state index is 11.7. The average molecular weight is 494 g/mol. The molecule has 1 unspecified atom stereocenters. The van der Waals surface area contributed by atoms with E-state index >= 15 is 0 Å². The minimum absolute atomic E-state index is 0.587. The van der Waals surface area contributed by atoms with E-state index in [9.17, 15) is 14.0 Å². The van der Waals surface area contributed by atoms with Gasteiger partial charge in [0.25, 0.3) is 0 Å². The molecule has 0 aromatic heterocycles. The van der Waals surface area contributed by atoms with Crippen LogP contribution in [0.1, 0.15) is 16.7 Å². The van der Waals surface area contributed by atoms with Crippen molar-refractivity contribution in [3.63, 3.8) is 0 Å². The van der Waals surface area contributed by atoms with Crippen LogP contribution in [-0.2, 0) is 3.74 Å². The van der Waals surface area contributed by atoms with E-state index < -0.39 is 21.0 Å². The highest BCUT2D eigenvalue weighted by atomic mass is 35.7. The molecule has 0 saturated heterocycles. The third kappa shape index (κ3) is 6.12. The molecule has 0 N–H and O–H groups in total. The topological polar surface area (TPSA) is 81.7 Å². The zero-order valence-corrected chi connectivity index (χ0v) is 20.3. The van der Waals surface area contributed by atoms with E-state index in [1.807, 2.05) is 128 Å². The summed E-state index contributed by atoms with van der Waals surface area (Å²) in [5.41, 5.74) is 4.67. The number of nitrogens with zero attached hydrogens (tertiary/aromatic N) is 1. The number of allylic oxidation sites excluding steroid dienone is 4. The van der Waals surface area contributed by atoms with Gasteiger partial charge >= 0.3 is 0 Å². The fourth-order valence-electron chi connectivity index (χ4n) is 3.48. The number of hydrogen-bond donors (Lipinski definition) is 0. The highest BCUT2D eigenvalue weighted by Gasteiger charge is 2.30. The Morgan fingerprint density at radius 3 is 1.88 bits per heavy atom. The first-order chi connectivity index (χ1) is 16.3. The molecule has 3 aromatic rings. The van der Waals surface area contributed by atoms with Crippen molar-refractivity contribution < 1.29 is 28.0 Å². The van der Waals surface area contributed by atoms with Gasteiger partial charge in [-0.1, -0.05) is 78.9 Å². The van der Waals surface area contributed by atoms with Gasteiger partial charge in [-0.25, -0.2) is 0 Å². The number of benzene rings is 3. The molecule has 0 fully saturated rings. The fourth-order valence-corrected chi connectivity index (χ4v) is 5.92. The maximum absolute atomic E-state index is 11.7. The largest absolute Gasteiger partial charge is 0.378 e. The Morgan fingerprint density at radius 1 is 0.735 bits per heavy atom. The number of rotatable bonds is 7. The zero-order valence-electron chi connectivity index (χ0n) is 18.8. The molecule has 1 aliphatic rings. The molecule has 34 heavy (non-hydrogen) atoms. The van der Waals surface area contributed by atoms with Crippen LogP contribution >= 0.6 is 10.8 Å². The summed E-state index contributed by atoms with van der Waals surface area (Å²) in [7, 11) is -2.12. The second-order valence-corrected chi connectivity index (χ2v) is 10.5. The molecule has 3 aromatic carbocycles. The van der Waals surface area contributed by atoms with Gasteiger partial charge in [-0.15, -0.1) is 0 Å². The highest BCUT2D eigenvalue weighted by Crippen LogP contribution is 2.44. The van der Waals surface area contributed by atoms with Crippen LogP contribution in [0.15, 0.2) is 103 Å². The molecule has 4 rings (SSSR count). The maximum Gasteiger partial charge on any atom is 0.147 e. The Bertz CT molecular complexity index is 1260. The quantitative estimate of drug-likeness (QED) is 0.373. The predicted molar refractivity (Wildman–Crippen MR) is 132 cm³/mol. The highest BCUT2D eigenvalue weighted by molar-refractivity contribution is 8.20. The smallest absolute Gasteiger partial charge is 0.147 e. The van der Waals surface area contributed by atoms with Crippen LogP contribution < -0.4 is 18.9 Å². The lowest BCUT2D eigenvalue weighted by Crippen LogP contribution is -2.60. The molecule has 0 bridgehead atoms. The molecule has 0 spiro atoms. The minimum Gasteiger partial charge on any atom is -0.378 e. The van der Waals surface area contributed by atoms with Gasteiger partial charge in [0.1, 0.15) is 14.5 Å². The molecule has 1 heterocycles. The Hall–Kier alpha value is -2.97. The van der Waals surface area contributed by atoms with Gasteiger partial charge in [-0.3, -0.25) is 0 Å². The SMILES string of the molecule is CN(C)c1ccc(/C=C/C2=S(O[Cl+3]([O-])([O-])[O-])C(c3ccccc3)=CC(c3ccccc3)=C2)cc1. The number of hydrogen-bond acceptors (Lipinski definition) is 5. The van der Waals surface area contributed by atoms with Crippen LogP contribution in [0, 0.1) is 10.2 Å². The van der Waals surface area contributed by atoms with E-state index in [4.69, 9.17) is 3.74 Å².